The molecular weight excluding hydrogens is 216 g/mol. The fourth-order valence-electron chi connectivity index (χ4n) is 1.78. The smallest absolute Gasteiger partial charge is 0.251 e. The molecule has 3 N–H and O–H groups in total. The first-order valence-electron chi connectivity index (χ1n) is 5.94. The van der Waals surface area contributed by atoms with Crippen molar-refractivity contribution in [2.75, 3.05) is 19.7 Å². The lowest BCUT2D eigenvalue weighted by atomic mass is 10.1. The molecule has 0 saturated heterocycles. The Morgan fingerprint density at radius 1 is 1.59 bits per heavy atom. The zero-order chi connectivity index (χ0) is 12.3. The Morgan fingerprint density at radius 2 is 2.41 bits per heavy atom. The Kier molecular flexibility index (Phi) is 3.64. The molecule has 0 spiro atoms. The third-order valence-corrected chi connectivity index (χ3v) is 2.97. The number of carbonyl (C=O) groups excluding carboxylic acids is 1. The minimum absolute atomic E-state index is 0.0417. The second-order valence-electron chi connectivity index (χ2n) is 4.47. The van der Waals surface area contributed by atoms with Crippen molar-refractivity contribution in [2.24, 2.45) is 11.7 Å². The highest BCUT2D eigenvalue weighted by molar-refractivity contribution is 5.94. The van der Waals surface area contributed by atoms with Crippen LogP contribution in [0.1, 0.15) is 22.8 Å². The third kappa shape index (κ3) is 2.77. The van der Waals surface area contributed by atoms with Crippen molar-refractivity contribution in [3.63, 3.8) is 0 Å². The van der Waals surface area contributed by atoms with Crippen LogP contribution >= 0.6 is 0 Å². The number of nitrogens with one attached hydrogen (secondary N) is 1. The molecule has 0 bridgehead atoms. The summed E-state index contributed by atoms with van der Waals surface area (Å²) in [5.41, 5.74) is 7.31. The highest BCUT2D eigenvalue weighted by Crippen LogP contribution is 2.25. The molecule has 0 saturated carbocycles. The molecule has 17 heavy (non-hydrogen) atoms. The van der Waals surface area contributed by atoms with Crippen LogP contribution in [-0.2, 0) is 6.42 Å². The predicted molar refractivity (Wildman–Crippen MR) is 66.2 cm³/mol. The van der Waals surface area contributed by atoms with Crippen LogP contribution in [0.15, 0.2) is 18.2 Å². The summed E-state index contributed by atoms with van der Waals surface area (Å²) in [4.78, 5) is 11.9. The molecule has 2 rings (SSSR count). The number of hydrogen-bond donors (Lipinski definition) is 2. The van der Waals surface area contributed by atoms with E-state index >= 15 is 0 Å². The van der Waals surface area contributed by atoms with E-state index in [0.29, 0.717) is 31.2 Å². The first-order chi connectivity index (χ1) is 8.20. The van der Waals surface area contributed by atoms with Crippen molar-refractivity contribution >= 4 is 5.91 Å². The number of hydrogen-bond acceptors (Lipinski definition) is 3. The predicted octanol–water partition coefficient (Wildman–Crippen LogP) is 0.946. The maximum atomic E-state index is 11.9. The molecule has 1 atom stereocenters. The van der Waals surface area contributed by atoms with Crippen molar-refractivity contribution < 1.29 is 9.53 Å². The first kappa shape index (κ1) is 11.9. The van der Waals surface area contributed by atoms with Gasteiger partial charge in [0.15, 0.2) is 0 Å². The summed E-state index contributed by atoms with van der Waals surface area (Å²) in [6.45, 7) is 3.92. The summed E-state index contributed by atoms with van der Waals surface area (Å²) < 4.78 is 5.40. The maximum absolute atomic E-state index is 11.9. The van der Waals surface area contributed by atoms with Gasteiger partial charge in [-0.25, -0.2) is 0 Å². The lowest BCUT2D eigenvalue weighted by Gasteiger charge is -2.10. The molecule has 92 valence electrons. The average Bonchev–Trinajstić information content (AvgIpc) is 2.82. The number of carbonyl (C=O) groups is 1. The molecule has 0 fully saturated rings. The normalized spacial score (nSPS) is 14.9. The van der Waals surface area contributed by atoms with Crippen molar-refractivity contribution in [1.82, 2.24) is 5.32 Å². The third-order valence-electron chi connectivity index (χ3n) is 2.97. The molecule has 0 radical (unpaired) electrons. The lowest BCUT2D eigenvalue weighted by Crippen LogP contribution is -2.31. The highest BCUT2D eigenvalue weighted by Gasteiger charge is 2.15. The quantitative estimate of drug-likeness (QED) is 0.815. The second-order valence-corrected chi connectivity index (χ2v) is 4.47. The van der Waals surface area contributed by atoms with E-state index in [-0.39, 0.29) is 5.91 Å². The van der Waals surface area contributed by atoms with Gasteiger partial charge >= 0.3 is 0 Å². The zero-order valence-electron chi connectivity index (χ0n) is 10.0. The van der Waals surface area contributed by atoms with Gasteiger partial charge in [-0.2, -0.15) is 0 Å². The van der Waals surface area contributed by atoms with E-state index < -0.39 is 0 Å². The van der Waals surface area contributed by atoms with Gasteiger partial charge in [-0.1, -0.05) is 6.92 Å². The Hall–Kier alpha value is -1.55. The number of amides is 1. The number of benzene rings is 1. The van der Waals surface area contributed by atoms with E-state index in [1.54, 1.807) is 6.07 Å². The van der Waals surface area contributed by atoms with Crippen LogP contribution in [-0.4, -0.2) is 25.6 Å². The topological polar surface area (TPSA) is 64.3 Å². The van der Waals surface area contributed by atoms with Gasteiger partial charge < -0.3 is 15.8 Å². The molecule has 0 aliphatic carbocycles. The Labute approximate surface area is 101 Å². The van der Waals surface area contributed by atoms with Gasteiger partial charge in [0.05, 0.1) is 6.61 Å². The van der Waals surface area contributed by atoms with Crippen LogP contribution in [0.3, 0.4) is 0 Å². The van der Waals surface area contributed by atoms with Gasteiger partial charge in [0.25, 0.3) is 5.91 Å². The van der Waals surface area contributed by atoms with Crippen molar-refractivity contribution in [1.29, 1.82) is 0 Å². The highest BCUT2D eigenvalue weighted by atomic mass is 16.5. The van der Waals surface area contributed by atoms with Crippen LogP contribution in [0, 0.1) is 5.92 Å². The number of ether oxygens (including phenoxy) is 1. The molecule has 1 heterocycles. The van der Waals surface area contributed by atoms with Crippen molar-refractivity contribution in [2.45, 2.75) is 13.3 Å². The van der Waals surface area contributed by atoms with Crippen molar-refractivity contribution in [3.05, 3.63) is 29.3 Å². The van der Waals surface area contributed by atoms with Crippen LogP contribution in [0.25, 0.3) is 0 Å². The van der Waals surface area contributed by atoms with Crippen LogP contribution in [0.2, 0.25) is 0 Å². The Bertz CT molecular complexity index is 418. The number of nitrogens with two attached hydrogens (primary N) is 1. The molecule has 1 amide bonds. The average molecular weight is 234 g/mol. The van der Waals surface area contributed by atoms with E-state index in [9.17, 15) is 4.79 Å². The summed E-state index contributed by atoms with van der Waals surface area (Å²) >= 11 is 0. The fraction of sp³-hybridized carbons (Fsp3) is 0.462. The van der Waals surface area contributed by atoms with E-state index in [1.165, 1.54) is 0 Å². The van der Waals surface area contributed by atoms with E-state index in [1.807, 2.05) is 19.1 Å². The summed E-state index contributed by atoms with van der Waals surface area (Å²) in [6, 6.07) is 5.57. The Morgan fingerprint density at radius 3 is 3.18 bits per heavy atom. The molecule has 1 aliphatic heterocycles. The second kappa shape index (κ2) is 5.19. The van der Waals surface area contributed by atoms with Gasteiger partial charge in [0, 0.05) is 18.5 Å². The summed E-state index contributed by atoms with van der Waals surface area (Å²) in [5.74, 6) is 1.16. The summed E-state index contributed by atoms with van der Waals surface area (Å²) in [5, 5.41) is 2.88. The monoisotopic (exact) mass is 234 g/mol. The molecule has 1 aromatic rings. The van der Waals surface area contributed by atoms with Gasteiger partial charge in [-0.05, 0) is 36.2 Å². The van der Waals surface area contributed by atoms with E-state index in [0.717, 1.165) is 17.7 Å². The summed E-state index contributed by atoms with van der Waals surface area (Å²) in [7, 11) is 0. The lowest BCUT2D eigenvalue weighted by molar-refractivity contribution is 0.0948. The standard InChI is InChI=1S/C13H18N2O2/c1-9(7-14)8-15-13(16)11-2-3-12-10(6-11)4-5-17-12/h2-3,6,9H,4-5,7-8,14H2,1H3,(H,15,16). The van der Waals surface area contributed by atoms with Gasteiger partial charge in [-0.15, -0.1) is 0 Å². The Balaban J connectivity index is 2.00. The molecule has 4 nitrogen and oxygen atoms in total. The van der Waals surface area contributed by atoms with Gasteiger partial charge in [0.2, 0.25) is 0 Å². The SMILES string of the molecule is CC(CN)CNC(=O)c1ccc2c(c1)CCO2. The van der Waals surface area contributed by atoms with Crippen molar-refractivity contribution in [3.8, 4) is 5.75 Å². The van der Waals surface area contributed by atoms with Crippen LogP contribution in [0.5, 0.6) is 5.75 Å². The van der Waals surface area contributed by atoms with E-state index in [2.05, 4.69) is 5.32 Å². The van der Waals surface area contributed by atoms with E-state index in [4.69, 9.17) is 10.5 Å². The largest absolute Gasteiger partial charge is 0.493 e. The molecule has 1 aliphatic rings. The fourth-order valence-corrected chi connectivity index (χ4v) is 1.78. The molecule has 4 heteroatoms. The molecular formula is C13H18N2O2. The first-order valence-corrected chi connectivity index (χ1v) is 5.94. The minimum Gasteiger partial charge on any atom is -0.493 e. The molecule has 1 aromatic carbocycles. The number of rotatable bonds is 4. The van der Waals surface area contributed by atoms with Gasteiger partial charge in [-0.3, -0.25) is 4.79 Å². The molecule has 1 unspecified atom stereocenters. The van der Waals surface area contributed by atoms with Gasteiger partial charge in [0.1, 0.15) is 5.75 Å². The minimum atomic E-state index is -0.0417. The molecule has 0 aromatic heterocycles. The maximum Gasteiger partial charge on any atom is 0.251 e. The summed E-state index contributed by atoms with van der Waals surface area (Å²) in [6.07, 6.45) is 0.885. The van der Waals surface area contributed by atoms with Crippen LogP contribution < -0.4 is 15.8 Å². The number of fused-ring (bicyclic) bond motifs is 1. The van der Waals surface area contributed by atoms with Crippen LogP contribution in [0.4, 0.5) is 0 Å². The zero-order valence-corrected chi connectivity index (χ0v) is 10.0.